The van der Waals surface area contributed by atoms with Gasteiger partial charge in [-0.1, -0.05) is 0 Å². The van der Waals surface area contributed by atoms with Gasteiger partial charge in [0, 0.05) is 5.56 Å². The lowest BCUT2D eigenvalue weighted by molar-refractivity contribution is 0.102. The van der Waals surface area contributed by atoms with Crippen LogP contribution >= 0.6 is 15.9 Å². The van der Waals surface area contributed by atoms with Crippen molar-refractivity contribution in [3.05, 3.63) is 46.7 Å². The van der Waals surface area contributed by atoms with Crippen LogP contribution in [0, 0.1) is 0 Å². The monoisotopic (exact) mass is 321 g/mol. The van der Waals surface area contributed by atoms with E-state index in [1.165, 1.54) is 7.11 Å². The van der Waals surface area contributed by atoms with Crippen LogP contribution in [0.25, 0.3) is 0 Å². The highest BCUT2D eigenvalue weighted by molar-refractivity contribution is 9.10. The van der Waals surface area contributed by atoms with Crippen LogP contribution in [0.15, 0.2) is 41.1 Å². The first-order chi connectivity index (χ1) is 9.10. The Hall–Kier alpha value is -2.08. The molecule has 1 aromatic heterocycles. The highest BCUT2D eigenvalue weighted by Gasteiger charge is 2.09. The third-order valence-electron chi connectivity index (χ3n) is 2.48. The van der Waals surface area contributed by atoms with E-state index in [2.05, 4.69) is 26.2 Å². The zero-order valence-corrected chi connectivity index (χ0v) is 11.8. The molecule has 0 atom stereocenters. The number of hydrogen-bond donors (Lipinski definition) is 2. The van der Waals surface area contributed by atoms with E-state index in [0.717, 1.165) is 0 Å². The second kappa shape index (κ2) is 5.71. The van der Waals surface area contributed by atoms with Crippen molar-refractivity contribution < 1.29 is 9.53 Å². The molecule has 0 aliphatic rings. The predicted molar refractivity (Wildman–Crippen MR) is 77.3 cm³/mol. The zero-order chi connectivity index (χ0) is 13.8. The van der Waals surface area contributed by atoms with Crippen LogP contribution in [0.2, 0.25) is 0 Å². The lowest BCUT2D eigenvalue weighted by atomic mass is 10.1. The van der Waals surface area contributed by atoms with Crippen LogP contribution in [0.3, 0.4) is 0 Å². The van der Waals surface area contributed by atoms with Crippen molar-refractivity contribution in [1.29, 1.82) is 0 Å². The summed E-state index contributed by atoms with van der Waals surface area (Å²) in [7, 11) is 1.51. The number of halogens is 1. The molecule has 0 spiro atoms. The minimum atomic E-state index is -0.248. The zero-order valence-electron chi connectivity index (χ0n) is 10.2. The minimum absolute atomic E-state index is 0.248. The number of carbonyl (C=O) groups is 1. The first-order valence-electron chi connectivity index (χ1n) is 5.46. The molecule has 3 N–H and O–H groups in total. The largest absolute Gasteiger partial charge is 0.495 e. The fourth-order valence-electron chi connectivity index (χ4n) is 1.51. The first-order valence-corrected chi connectivity index (χ1v) is 6.26. The molecule has 1 aromatic carbocycles. The molecule has 0 aliphatic carbocycles. The Morgan fingerprint density at radius 1 is 1.37 bits per heavy atom. The van der Waals surface area contributed by atoms with Gasteiger partial charge in [0.05, 0.1) is 24.7 Å². The number of nitrogen functional groups attached to an aromatic ring is 1. The molecule has 19 heavy (non-hydrogen) atoms. The molecule has 2 rings (SSSR count). The van der Waals surface area contributed by atoms with Gasteiger partial charge in [0.1, 0.15) is 10.4 Å². The molecule has 5 nitrogen and oxygen atoms in total. The van der Waals surface area contributed by atoms with Crippen molar-refractivity contribution >= 4 is 33.2 Å². The van der Waals surface area contributed by atoms with Gasteiger partial charge in [-0.25, -0.2) is 4.98 Å². The lowest BCUT2D eigenvalue weighted by Gasteiger charge is -2.08. The molecule has 1 heterocycles. The van der Waals surface area contributed by atoms with E-state index in [1.54, 1.807) is 36.5 Å². The molecule has 0 bridgehead atoms. The highest BCUT2D eigenvalue weighted by Crippen LogP contribution is 2.22. The van der Waals surface area contributed by atoms with Crippen LogP contribution in [0.1, 0.15) is 10.4 Å². The smallest absolute Gasteiger partial charge is 0.255 e. The summed E-state index contributed by atoms with van der Waals surface area (Å²) in [6, 6.07) is 8.37. The number of methoxy groups -OCH3 is 1. The number of nitrogens with one attached hydrogen (secondary N) is 1. The number of ether oxygens (including phenoxy) is 1. The summed E-state index contributed by atoms with van der Waals surface area (Å²) in [5.74, 6) is 0.226. The average Bonchev–Trinajstić information content (AvgIpc) is 2.42. The molecule has 0 unspecified atom stereocenters. The van der Waals surface area contributed by atoms with Gasteiger partial charge >= 0.3 is 0 Å². The number of anilines is 2. The summed E-state index contributed by atoms with van der Waals surface area (Å²) < 4.78 is 5.79. The summed E-state index contributed by atoms with van der Waals surface area (Å²) in [4.78, 5) is 16.1. The maximum Gasteiger partial charge on any atom is 0.255 e. The van der Waals surface area contributed by atoms with Gasteiger partial charge in [0.25, 0.3) is 5.91 Å². The summed E-state index contributed by atoms with van der Waals surface area (Å²) in [6.07, 6.45) is 1.57. The normalized spacial score (nSPS) is 10.0. The topological polar surface area (TPSA) is 77.2 Å². The summed E-state index contributed by atoms with van der Waals surface area (Å²) in [6.45, 7) is 0. The molecule has 98 valence electrons. The summed E-state index contributed by atoms with van der Waals surface area (Å²) in [5.41, 5.74) is 7.27. The van der Waals surface area contributed by atoms with Crippen LogP contribution in [-0.4, -0.2) is 18.0 Å². The number of pyridine rings is 1. The number of nitrogens with zero attached hydrogens (tertiary/aromatic N) is 1. The SMILES string of the molecule is COc1cc(C(=O)Nc2ccc(Br)nc2)ccc1N. The molecule has 0 saturated heterocycles. The number of nitrogens with two attached hydrogens (primary N) is 1. The van der Waals surface area contributed by atoms with E-state index < -0.39 is 0 Å². The van der Waals surface area contributed by atoms with Crippen molar-refractivity contribution in [2.45, 2.75) is 0 Å². The van der Waals surface area contributed by atoms with Crippen LogP contribution < -0.4 is 15.8 Å². The fraction of sp³-hybridized carbons (Fsp3) is 0.0769. The van der Waals surface area contributed by atoms with Gasteiger partial charge in [0.15, 0.2) is 0 Å². The van der Waals surface area contributed by atoms with Crippen LogP contribution in [-0.2, 0) is 0 Å². The third kappa shape index (κ3) is 3.23. The van der Waals surface area contributed by atoms with Gasteiger partial charge in [-0.2, -0.15) is 0 Å². The molecule has 2 aromatic rings. The van der Waals surface area contributed by atoms with E-state index in [4.69, 9.17) is 10.5 Å². The Labute approximate surface area is 118 Å². The maximum atomic E-state index is 12.0. The second-order valence-corrected chi connectivity index (χ2v) is 4.59. The maximum absolute atomic E-state index is 12.0. The Bertz CT molecular complexity index is 599. The Kier molecular flexibility index (Phi) is 4.01. The molecule has 0 radical (unpaired) electrons. The molecule has 0 saturated carbocycles. The number of rotatable bonds is 3. The van der Waals surface area contributed by atoms with Gasteiger partial charge in [0.2, 0.25) is 0 Å². The number of benzene rings is 1. The highest BCUT2D eigenvalue weighted by atomic mass is 79.9. The molecule has 6 heteroatoms. The van der Waals surface area contributed by atoms with Crippen LogP contribution in [0.5, 0.6) is 5.75 Å². The van der Waals surface area contributed by atoms with Crippen molar-refractivity contribution in [2.24, 2.45) is 0 Å². The minimum Gasteiger partial charge on any atom is -0.495 e. The lowest BCUT2D eigenvalue weighted by Crippen LogP contribution is -2.12. The predicted octanol–water partition coefficient (Wildman–Crippen LogP) is 2.69. The third-order valence-corrected chi connectivity index (χ3v) is 2.95. The summed E-state index contributed by atoms with van der Waals surface area (Å²) >= 11 is 3.23. The molecular weight excluding hydrogens is 310 g/mol. The van der Waals surface area contributed by atoms with E-state index in [-0.39, 0.29) is 5.91 Å². The fourth-order valence-corrected chi connectivity index (χ4v) is 1.74. The van der Waals surface area contributed by atoms with Crippen molar-refractivity contribution in [1.82, 2.24) is 4.98 Å². The molecule has 0 aliphatic heterocycles. The molecule has 0 fully saturated rings. The second-order valence-electron chi connectivity index (χ2n) is 3.78. The van der Waals surface area contributed by atoms with Crippen molar-refractivity contribution in [3.8, 4) is 5.75 Å². The van der Waals surface area contributed by atoms with Crippen molar-refractivity contribution in [2.75, 3.05) is 18.2 Å². The van der Waals surface area contributed by atoms with E-state index in [0.29, 0.717) is 27.3 Å². The van der Waals surface area contributed by atoms with Gasteiger partial charge in [-0.3, -0.25) is 4.79 Å². The number of aromatic nitrogens is 1. The van der Waals surface area contributed by atoms with Gasteiger partial charge in [-0.05, 0) is 46.3 Å². The van der Waals surface area contributed by atoms with Gasteiger partial charge < -0.3 is 15.8 Å². The van der Waals surface area contributed by atoms with E-state index >= 15 is 0 Å². The standard InChI is InChI=1S/C13H12BrN3O2/c1-19-11-6-8(2-4-10(11)15)13(18)17-9-3-5-12(14)16-7-9/h2-7H,15H2,1H3,(H,17,18). The van der Waals surface area contributed by atoms with E-state index in [1.807, 2.05) is 0 Å². The Morgan fingerprint density at radius 3 is 2.79 bits per heavy atom. The summed E-state index contributed by atoms with van der Waals surface area (Å²) in [5, 5.41) is 2.74. The Balaban J connectivity index is 2.18. The number of hydrogen-bond acceptors (Lipinski definition) is 4. The van der Waals surface area contributed by atoms with E-state index in [9.17, 15) is 4.79 Å². The molecule has 1 amide bonds. The average molecular weight is 322 g/mol. The quantitative estimate of drug-likeness (QED) is 0.673. The number of amides is 1. The number of carbonyl (C=O) groups excluding carboxylic acids is 1. The molecular formula is C13H12BrN3O2. The van der Waals surface area contributed by atoms with Crippen LogP contribution in [0.4, 0.5) is 11.4 Å². The first kappa shape index (κ1) is 13.4. The van der Waals surface area contributed by atoms with Crippen molar-refractivity contribution in [3.63, 3.8) is 0 Å². The van der Waals surface area contributed by atoms with Gasteiger partial charge in [-0.15, -0.1) is 0 Å². The Morgan fingerprint density at radius 2 is 2.16 bits per heavy atom.